The van der Waals surface area contributed by atoms with Gasteiger partial charge in [-0.2, -0.15) is 0 Å². The number of amides is 1. The molecule has 1 rings (SSSR count). The molecule has 0 bridgehead atoms. The van der Waals surface area contributed by atoms with E-state index < -0.39 is 11.5 Å². The molecule has 1 aliphatic heterocycles. The Hall–Kier alpha value is -1.06. The number of carboxylic acids is 1. The largest absolute Gasteiger partial charge is 0.480 e. The molecule has 1 aliphatic rings. The second-order valence-corrected chi connectivity index (χ2v) is 3.35. The van der Waals surface area contributed by atoms with E-state index in [-0.39, 0.29) is 5.91 Å². The molecule has 12 heavy (non-hydrogen) atoms. The predicted molar refractivity (Wildman–Crippen MR) is 42.7 cm³/mol. The van der Waals surface area contributed by atoms with E-state index in [4.69, 9.17) is 5.11 Å². The number of carbonyl (C=O) groups excluding carboxylic acids is 1. The minimum absolute atomic E-state index is 0.155. The van der Waals surface area contributed by atoms with Gasteiger partial charge in [0.05, 0.1) is 0 Å². The van der Waals surface area contributed by atoms with Crippen LogP contribution in [0.5, 0.6) is 0 Å². The molecule has 0 radical (unpaired) electrons. The van der Waals surface area contributed by atoms with E-state index in [0.29, 0.717) is 13.0 Å². The van der Waals surface area contributed by atoms with E-state index in [1.807, 2.05) is 0 Å². The van der Waals surface area contributed by atoms with Gasteiger partial charge >= 0.3 is 5.97 Å². The van der Waals surface area contributed by atoms with Gasteiger partial charge in [-0.25, -0.2) is 4.79 Å². The third-order valence-electron chi connectivity index (χ3n) is 2.48. The van der Waals surface area contributed by atoms with E-state index in [1.165, 1.54) is 11.8 Å². The Bertz CT molecular complexity index is 226. The first-order chi connectivity index (χ1) is 5.48. The standard InChI is InChI=1S/C8H13NO3/c1-6(10)9-5-3-4-8(9,2)7(11)12/h3-5H2,1-2H3,(H,11,12). The molecule has 4 heteroatoms. The van der Waals surface area contributed by atoms with Crippen molar-refractivity contribution in [1.29, 1.82) is 0 Å². The van der Waals surface area contributed by atoms with Crippen molar-refractivity contribution < 1.29 is 14.7 Å². The van der Waals surface area contributed by atoms with Crippen LogP contribution in [0.1, 0.15) is 26.7 Å². The molecular formula is C8H13NO3. The van der Waals surface area contributed by atoms with Crippen LogP contribution < -0.4 is 0 Å². The number of likely N-dealkylation sites (tertiary alicyclic amines) is 1. The number of hydrogen-bond donors (Lipinski definition) is 1. The molecule has 0 aromatic heterocycles. The SMILES string of the molecule is CC(=O)N1CCCC1(C)C(=O)O. The summed E-state index contributed by atoms with van der Waals surface area (Å²) in [6, 6.07) is 0. The maximum atomic E-state index is 11.0. The van der Waals surface area contributed by atoms with Crippen LogP contribution >= 0.6 is 0 Å². The Balaban J connectivity index is 2.89. The first kappa shape index (κ1) is 9.03. The monoisotopic (exact) mass is 171 g/mol. The highest BCUT2D eigenvalue weighted by atomic mass is 16.4. The lowest BCUT2D eigenvalue weighted by Gasteiger charge is -2.29. The summed E-state index contributed by atoms with van der Waals surface area (Å²) in [7, 11) is 0. The van der Waals surface area contributed by atoms with Gasteiger partial charge in [0.2, 0.25) is 5.91 Å². The van der Waals surface area contributed by atoms with Crippen molar-refractivity contribution in [3.63, 3.8) is 0 Å². The average molecular weight is 171 g/mol. The highest BCUT2D eigenvalue weighted by Crippen LogP contribution is 2.28. The Kier molecular flexibility index (Phi) is 2.08. The molecular weight excluding hydrogens is 158 g/mol. The van der Waals surface area contributed by atoms with Crippen LogP contribution in [0.2, 0.25) is 0 Å². The fraction of sp³-hybridized carbons (Fsp3) is 0.750. The summed E-state index contributed by atoms with van der Waals surface area (Å²) in [5.74, 6) is -1.06. The molecule has 0 aromatic rings. The first-order valence-corrected chi connectivity index (χ1v) is 4.00. The Morgan fingerprint density at radius 2 is 2.08 bits per heavy atom. The molecule has 68 valence electrons. The third-order valence-corrected chi connectivity index (χ3v) is 2.48. The van der Waals surface area contributed by atoms with Crippen molar-refractivity contribution >= 4 is 11.9 Å². The van der Waals surface area contributed by atoms with Gasteiger partial charge in [-0.05, 0) is 19.8 Å². The van der Waals surface area contributed by atoms with Crippen molar-refractivity contribution in [1.82, 2.24) is 4.90 Å². The lowest BCUT2D eigenvalue weighted by Crippen LogP contribution is -2.49. The zero-order chi connectivity index (χ0) is 9.35. The van der Waals surface area contributed by atoms with E-state index in [9.17, 15) is 9.59 Å². The number of carbonyl (C=O) groups is 2. The van der Waals surface area contributed by atoms with Crippen molar-refractivity contribution in [2.45, 2.75) is 32.2 Å². The van der Waals surface area contributed by atoms with Crippen molar-refractivity contribution in [2.24, 2.45) is 0 Å². The maximum absolute atomic E-state index is 11.0. The lowest BCUT2D eigenvalue weighted by atomic mass is 9.99. The molecule has 1 saturated heterocycles. The van der Waals surface area contributed by atoms with Gasteiger partial charge < -0.3 is 10.0 Å². The first-order valence-electron chi connectivity index (χ1n) is 4.00. The molecule has 1 amide bonds. The number of carboxylic acid groups (broad SMARTS) is 1. The number of rotatable bonds is 1. The zero-order valence-electron chi connectivity index (χ0n) is 7.33. The summed E-state index contributed by atoms with van der Waals surface area (Å²) < 4.78 is 0. The van der Waals surface area contributed by atoms with Crippen LogP contribution in [0.3, 0.4) is 0 Å². The van der Waals surface area contributed by atoms with Gasteiger partial charge in [0, 0.05) is 13.5 Å². The van der Waals surface area contributed by atoms with Gasteiger partial charge in [0.15, 0.2) is 0 Å². The van der Waals surface area contributed by atoms with Gasteiger partial charge in [0.1, 0.15) is 5.54 Å². The quantitative estimate of drug-likeness (QED) is 0.624. The molecule has 1 heterocycles. The molecule has 0 spiro atoms. The minimum atomic E-state index is -0.966. The number of aliphatic carboxylic acids is 1. The molecule has 1 unspecified atom stereocenters. The molecule has 1 atom stereocenters. The summed E-state index contributed by atoms with van der Waals surface area (Å²) in [6.45, 7) is 3.58. The fourth-order valence-electron chi connectivity index (χ4n) is 1.69. The van der Waals surface area contributed by atoms with E-state index in [1.54, 1.807) is 6.92 Å². The van der Waals surface area contributed by atoms with Crippen LogP contribution in [0.25, 0.3) is 0 Å². The second-order valence-electron chi connectivity index (χ2n) is 3.35. The Labute approximate surface area is 71.2 Å². The van der Waals surface area contributed by atoms with E-state index in [2.05, 4.69) is 0 Å². The minimum Gasteiger partial charge on any atom is -0.480 e. The van der Waals surface area contributed by atoms with Crippen molar-refractivity contribution in [2.75, 3.05) is 6.54 Å². The van der Waals surface area contributed by atoms with Crippen LogP contribution in [0.4, 0.5) is 0 Å². The van der Waals surface area contributed by atoms with E-state index >= 15 is 0 Å². The Morgan fingerprint density at radius 3 is 2.42 bits per heavy atom. The highest BCUT2D eigenvalue weighted by Gasteiger charge is 2.44. The highest BCUT2D eigenvalue weighted by molar-refractivity contribution is 5.86. The van der Waals surface area contributed by atoms with Crippen LogP contribution in [0.15, 0.2) is 0 Å². The third kappa shape index (κ3) is 1.17. The summed E-state index contributed by atoms with van der Waals surface area (Å²) >= 11 is 0. The smallest absolute Gasteiger partial charge is 0.329 e. The molecule has 1 fully saturated rings. The summed E-state index contributed by atoms with van der Waals surface area (Å²) in [5.41, 5.74) is -0.966. The second kappa shape index (κ2) is 2.77. The van der Waals surface area contributed by atoms with Gasteiger partial charge in [-0.15, -0.1) is 0 Å². The lowest BCUT2D eigenvalue weighted by molar-refractivity contribution is -0.154. The number of hydrogen-bond acceptors (Lipinski definition) is 2. The topological polar surface area (TPSA) is 57.6 Å². The Morgan fingerprint density at radius 1 is 1.50 bits per heavy atom. The summed E-state index contributed by atoms with van der Waals surface area (Å²) in [4.78, 5) is 23.3. The van der Waals surface area contributed by atoms with Gasteiger partial charge in [-0.1, -0.05) is 0 Å². The van der Waals surface area contributed by atoms with Crippen molar-refractivity contribution in [3.8, 4) is 0 Å². The normalized spacial score (nSPS) is 29.0. The van der Waals surface area contributed by atoms with Crippen LogP contribution in [-0.2, 0) is 9.59 Å². The maximum Gasteiger partial charge on any atom is 0.329 e. The van der Waals surface area contributed by atoms with Crippen LogP contribution in [-0.4, -0.2) is 34.0 Å². The van der Waals surface area contributed by atoms with Gasteiger partial charge in [-0.3, -0.25) is 4.79 Å². The molecule has 0 saturated carbocycles. The van der Waals surface area contributed by atoms with Crippen molar-refractivity contribution in [3.05, 3.63) is 0 Å². The van der Waals surface area contributed by atoms with E-state index in [0.717, 1.165) is 6.42 Å². The average Bonchev–Trinajstić information content (AvgIpc) is 2.32. The van der Waals surface area contributed by atoms with Crippen LogP contribution in [0, 0.1) is 0 Å². The number of nitrogens with zero attached hydrogens (tertiary/aromatic N) is 1. The molecule has 0 aromatic carbocycles. The zero-order valence-corrected chi connectivity index (χ0v) is 7.33. The molecule has 0 aliphatic carbocycles. The van der Waals surface area contributed by atoms with Gasteiger partial charge in [0.25, 0.3) is 0 Å². The summed E-state index contributed by atoms with van der Waals surface area (Å²) in [5, 5.41) is 8.90. The summed E-state index contributed by atoms with van der Waals surface area (Å²) in [6.07, 6.45) is 1.34. The molecule has 1 N–H and O–H groups in total. The molecule has 4 nitrogen and oxygen atoms in total. The fourth-order valence-corrected chi connectivity index (χ4v) is 1.69. The predicted octanol–water partition coefficient (Wildman–Crippen LogP) is 0.472.